The van der Waals surface area contributed by atoms with E-state index in [4.69, 9.17) is 4.74 Å². The quantitative estimate of drug-likeness (QED) is 0.724. The van der Waals surface area contributed by atoms with E-state index in [1.165, 1.54) is 5.56 Å². The molecule has 1 aliphatic carbocycles. The molecule has 0 saturated heterocycles. The average Bonchev–Trinajstić information content (AvgIpc) is 3.11. The van der Waals surface area contributed by atoms with Gasteiger partial charge in [-0.15, -0.1) is 0 Å². The van der Waals surface area contributed by atoms with E-state index >= 15 is 0 Å². The van der Waals surface area contributed by atoms with Crippen LogP contribution in [0.15, 0.2) is 43.0 Å². The van der Waals surface area contributed by atoms with Gasteiger partial charge in [0, 0.05) is 25.0 Å². The Morgan fingerprint density at radius 3 is 3.04 bits per heavy atom. The van der Waals surface area contributed by atoms with Crippen LogP contribution in [0.2, 0.25) is 0 Å². The Labute approximate surface area is 150 Å². The minimum atomic E-state index is -0.456. The Bertz CT molecular complexity index is 630. The SMILES string of the molecule is Cc1cccc(O[C@@H]2CCC[C@H](NCCCCn3ccnc3)[C@H]2O)c1. The number of unbranched alkanes of at least 4 members (excludes halogenated alkanes) is 1. The maximum atomic E-state index is 10.7. The van der Waals surface area contributed by atoms with Crippen LogP contribution in [0.1, 0.15) is 37.7 Å². The third kappa shape index (κ3) is 5.31. The number of ether oxygens (including phenoxy) is 1. The molecule has 2 N–H and O–H groups in total. The van der Waals surface area contributed by atoms with Gasteiger partial charge in [-0.3, -0.25) is 0 Å². The van der Waals surface area contributed by atoms with E-state index in [9.17, 15) is 5.11 Å². The molecule has 1 aromatic heterocycles. The van der Waals surface area contributed by atoms with Crippen molar-refractivity contribution in [1.82, 2.24) is 14.9 Å². The number of imidazole rings is 1. The molecule has 25 heavy (non-hydrogen) atoms. The summed E-state index contributed by atoms with van der Waals surface area (Å²) >= 11 is 0. The monoisotopic (exact) mass is 343 g/mol. The lowest BCUT2D eigenvalue weighted by Crippen LogP contribution is -2.51. The molecular formula is C20H29N3O2. The van der Waals surface area contributed by atoms with Gasteiger partial charge in [0.05, 0.1) is 6.33 Å². The van der Waals surface area contributed by atoms with Crippen LogP contribution in [0.25, 0.3) is 0 Å². The Morgan fingerprint density at radius 2 is 2.24 bits per heavy atom. The standard InChI is InChI=1S/C20H29N3O2/c1-16-6-4-7-17(14-16)25-19-9-5-8-18(20(19)24)22-10-2-3-12-23-13-11-21-15-23/h4,6-7,11,13-15,18-20,22,24H,2-3,5,8-10,12H2,1H3/t18-,19+,20+/m0/s1. The molecule has 1 saturated carbocycles. The van der Waals surface area contributed by atoms with E-state index in [1.807, 2.05) is 36.9 Å². The molecule has 2 aromatic rings. The van der Waals surface area contributed by atoms with Gasteiger partial charge < -0.3 is 19.7 Å². The molecule has 0 spiro atoms. The molecule has 1 fully saturated rings. The maximum Gasteiger partial charge on any atom is 0.126 e. The molecule has 1 heterocycles. The van der Waals surface area contributed by atoms with Gasteiger partial charge in [0.15, 0.2) is 0 Å². The summed E-state index contributed by atoms with van der Waals surface area (Å²) in [5, 5.41) is 14.2. The molecule has 5 heteroatoms. The molecule has 5 nitrogen and oxygen atoms in total. The van der Waals surface area contributed by atoms with Crippen molar-refractivity contribution in [2.24, 2.45) is 0 Å². The van der Waals surface area contributed by atoms with Crippen molar-refractivity contribution in [3.05, 3.63) is 48.5 Å². The molecule has 3 atom stereocenters. The van der Waals surface area contributed by atoms with Gasteiger partial charge in [0.25, 0.3) is 0 Å². The Hall–Kier alpha value is -1.85. The highest BCUT2D eigenvalue weighted by Crippen LogP contribution is 2.25. The molecule has 1 aliphatic rings. The predicted octanol–water partition coefficient (Wildman–Crippen LogP) is 2.92. The second-order valence-corrected chi connectivity index (χ2v) is 6.96. The zero-order valence-corrected chi connectivity index (χ0v) is 15.0. The average molecular weight is 343 g/mol. The summed E-state index contributed by atoms with van der Waals surface area (Å²) in [7, 11) is 0. The molecule has 0 unspecified atom stereocenters. The summed E-state index contributed by atoms with van der Waals surface area (Å²) in [6.07, 6.45) is 10.3. The Balaban J connectivity index is 1.41. The number of nitrogens with zero attached hydrogens (tertiary/aromatic N) is 2. The van der Waals surface area contributed by atoms with Crippen molar-refractivity contribution >= 4 is 0 Å². The Morgan fingerprint density at radius 1 is 1.32 bits per heavy atom. The number of aliphatic hydroxyl groups excluding tert-OH is 1. The number of hydrogen-bond donors (Lipinski definition) is 2. The third-order valence-electron chi connectivity index (χ3n) is 4.88. The summed E-state index contributed by atoms with van der Waals surface area (Å²) < 4.78 is 8.15. The van der Waals surface area contributed by atoms with Crippen molar-refractivity contribution in [3.8, 4) is 5.75 Å². The van der Waals surface area contributed by atoms with Crippen molar-refractivity contribution in [3.63, 3.8) is 0 Å². The van der Waals surface area contributed by atoms with E-state index in [1.54, 1.807) is 0 Å². The van der Waals surface area contributed by atoms with Crippen LogP contribution in [-0.2, 0) is 6.54 Å². The first-order valence-corrected chi connectivity index (χ1v) is 9.33. The van der Waals surface area contributed by atoms with Gasteiger partial charge in [0.1, 0.15) is 18.0 Å². The molecule has 136 valence electrons. The number of hydrogen-bond acceptors (Lipinski definition) is 4. The smallest absolute Gasteiger partial charge is 0.126 e. The fraction of sp³-hybridized carbons (Fsp3) is 0.550. The van der Waals surface area contributed by atoms with Gasteiger partial charge in [-0.25, -0.2) is 4.98 Å². The van der Waals surface area contributed by atoms with Crippen molar-refractivity contribution < 1.29 is 9.84 Å². The normalized spacial score (nSPS) is 23.5. The zero-order valence-electron chi connectivity index (χ0n) is 15.0. The first kappa shape index (κ1) is 18.0. The van der Waals surface area contributed by atoms with E-state index in [0.29, 0.717) is 0 Å². The lowest BCUT2D eigenvalue weighted by molar-refractivity contribution is -0.0153. The molecule has 3 rings (SSSR count). The molecule has 0 bridgehead atoms. The molecular weight excluding hydrogens is 314 g/mol. The second kappa shape index (κ2) is 9.02. The van der Waals surface area contributed by atoms with Crippen LogP contribution < -0.4 is 10.1 Å². The van der Waals surface area contributed by atoms with Crippen molar-refractivity contribution in [2.45, 2.75) is 63.8 Å². The van der Waals surface area contributed by atoms with Gasteiger partial charge in [-0.2, -0.15) is 0 Å². The van der Waals surface area contributed by atoms with Gasteiger partial charge >= 0.3 is 0 Å². The summed E-state index contributed by atoms with van der Waals surface area (Å²) in [4.78, 5) is 4.05. The topological polar surface area (TPSA) is 59.3 Å². The number of aryl methyl sites for hydroxylation is 2. The third-order valence-corrected chi connectivity index (χ3v) is 4.88. The summed E-state index contributed by atoms with van der Waals surface area (Å²) in [5.41, 5.74) is 1.18. The number of benzene rings is 1. The van der Waals surface area contributed by atoms with Crippen LogP contribution in [0.5, 0.6) is 5.75 Å². The fourth-order valence-electron chi connectivity index (χ4n) is 3.48. The van der Waals surface area contributed by atoms with Crippen LogP contribution >= 0.6 is 0 Å². The fourth-order valence-corrected chi connectivity index (χ4v) is 3.48. The summed E-state index contributed by atoms with van der Waals surface area (Å²) in [5.74, 6) is 0.852. The van der Waals surface area contributed by atoms with Gasteiger partial charge in [-0.05, 0) is 63.3 Å². The first-order valence-electron chi connectivity index (χ1n) is 9.33. The van der Waals surface area contributed by atoms with Crippen LogP contribution in [0, 0.1) is 6.92 Å². The first-order chi connectivity index (χ1) is 12.2. The largest absolute Gasteiger partial charge is 0.488 e. The molecule has 0 radical (unpaired) electrons. The highest BCUT2D eigenvalue weighted by Gasteiger charge is 2.32. The Kier molecular flexibility index (Phi) is 6.48. The predicted molar refractivity (Wildman–Crippen MR) is 98.7 cm³/mol. The van der Waals surface area contributed by atoms with E-state index in [0.717, 1.165) is 50.9 Å². The van der Waals surface area contributed by atoms with Crippen LogP contribution in [0.4, 0.5) is 0 Å². The number of rotatable bonds is 8. The lowest BCUT2D eigenvalue weighted by Gasteiger charge is -2.35. The van der Waals surface area contributed by atoms with Crippen molar-refractivity contribution in [2.75, 3.05) is 6.54 Å². The van der Waals surface area contributed by atoms with Crippen LogP contribution in [0.3, 0.4) is 0 Å². The zero-order chi connectivity index (χ0) is 17.5. The maximum absolute atomic E-state index is 10.7. The van der Waals surface area contributed by atoms with E-state index < -0.39 is 6.10 Å². The number of nitrogens with one attached hydrogen (secondary N) is 1. The van der Waals surface area contributed by atoms with E-state index in [-0.39, 0.29) is 12.1 Å². The van der Waals surface area contributed by atoms with Gasteiger partial charge in [-0.1, -0.05) is 12.1 Å². The highest BCUT2D eigenvalue weighted by molar-refractivity contribution is 5.27. The number of aromatic nitrogens is 2. The second-order valence-electron chi connectivity index (χ2n) is 6.96. The van der Waals surface area contributed by atoms with Crippen LogP contribution in [-0.4, -0.2) is 39.5 Å². The summed E-state index contributed by atoms with van der Waals surface area (Å²) in [6.45, 7) is 3.97. The summed E-state index contributed by atoms with van der Waals surface area (Å²) in [6, 6.07) is 8.16. The minimum absolute atomic E-state index is 0.122. The number of aliphatic hydroxyl groups is 1. The minimum Gasteiger partial charge on any atom is -0.488 e. The van der Waals surface area contributed by atoms with Crippen molar-refractivity contribution in [1.29, 1.82) is 0 Å². The molecule has 0 aliphatic heterocycles. The highest BCUT2D eigenvalue weighted by atomic mass is 16.5. The van der Waals surface area contributed by atoms with Gasteiger partial charge in [0.2, 0.25) is 0 Å². The van der Waals surface area contributed by atoms with E-state index in [2.05, 4.69) is 27.9 Å². The molecule has 1 aromatic carbocycles. The molecule has 0 amide bonds. The lowest BCUT2D eigenvalue weighted by atomic mass is 9.89.